The molecular formula is C14H15NOS. The van der Waals surface area contributed by atoms with Crippen LogP contribution in [-0.2, 0) is 16.6 Å². The van der Waals surface area contributed by atoms with E-state index in [4.69, 9.17) is 5.73 Å². The second-order valence-electron chi connectivity index (χ2n) is 3.99. The molecule has 0 amide bonds. The van der Waals surface area contributed by atoms with Crippen molar-refractivity contribution >= 4 is 16.5 Å². The van der Waals surface area contributed by atoms with Gasteiger partial charge in [-0.3, -0.25) is 4.21 Å². The zero-order chi connectivity index (χ0) is 12.3. The lowest BCUT2D eigenvalue weighted by Crippen LogP contribution is -1.98. The number of benzene rings is 2. The summed E-state index contributed by atoms with van der Waals surface area (Å²) in [5.41, 5.74) is 8.61. The lowest BCUT2D eigenvalue weighted by molar-refractivity contribution is 0.682. The van der Waals surface area contributed by atoms with Crippen molar-refractivity contribution < 1.29 is 4.21 Å². The Morgan fingerprint density at radius 1 is 1.06 bits per heavy atom. The quantitative estimate of drug-likeness (QED) is 0.845. The minimum Gasteiger partial charge on any atom is -0.399 e. The third-order valence-electron chi connectivity index (χ3n) is 2.69. The molecule has 2 nitrogen and oxygen atoms in total. The maximum Gasteiger partial charge on any atom is 0.0574 e. The normalized spacial score (nSPS) is 12.3. The largest absolute Gasteiger partial charge is 0.399 e. The molecule has 2 aromatic carbocycles. The number of hydrogen-bond donors (Lipinski definition) is 1. The van der Waals surface area contributed by atoms with Gasteiger partial charge in [0.05, 0.1) is 16.6 Å². The smallest absolute Gasteiger partial charge is 0.0574 e. The maximum atomic E-state index is 12.1. The van der Waals surface area contributed by atoms with E-state index in [0.29, 0.717) is 11.4 Å². The molecule has 0 saturated heterocycles. The van der Waals surface area contributed by atoms with Crippen LogP contribution in [-0.4, -0.2) is 4.21 Å². The van der Waals surface area contributed by atoms with Crippen molar-refractivity contribution in [2.75, 3.05) is 5.73 Å². The Bertz CT molecular complexity index is 534. The van der Waals surface area contributed by atoms with E-state index in [-0.39, 0.29) is 0 Å². The Balaban J connectivity index is 2.17. The number of aryl methyl sites for hydroxylation is 1. The predicted octanol–water partition coefficient (Wildman–Crippen LogP) is 2.89. The second-order valence-corrected chi connectivity index (χ2v) is 5.44. The van der Waals surface area contributed by atoms with Gasteiger partial charge in [-0.1, -0.05) is 24.3 Å². The minimum atomic E-state index is -1.01. The van der Waals surface area contributed by atoms with Gasteiger partial charge in [0.1, 0.15) is 0 Å². The van der Waals surface area contributed by atoms with Crippen LogP contribution in [0.2, 0.25) is 0 Å². The molecule has 0 radical (unpaired) electrons. The molecular weight excluding hydrogens is 230 g/mol. The monoisotopic (exact) mass is 245 g/mol. The van der Waals surface area contributed by atoms with Gasteiger partial charge in [0.25, 0.3) is 0 Å². The molecule has 1 unspecified atom stereocenters. The molecule has 0 bridgehead atoms. The molecule has 1 atom stereocenters. The summed E-state index contributed by atoms with van der Waals surface area (Å²) < 4.78 is 12.1. The van der Waals surface area contributed by atoms with Crippen molar-refractivity contribution in [2.45, 2.75) is 17.6 Å². The average Bonchev–Trinajstić information content (AvgIpc) is 2.33. The molecule has 0 aliphatic carbocycles. The van der Waals surface area contributed by atoms with Gasteiger partial charge < -0.3 is 5.73 Å². The molecule has 2 aromatic rings. The zero-order valence-corrected chi connectivity index (χ0v) is 10.5. The van der Waals surface area contributed by atoms with Crippen LogP contribution >= 0.6 is 0 Å². The summed E-state index contributed by atoms with van der Waals surface area (Å²) in [6.07, 6.45) is 0. The summed E-state index contributed by atoms with van der Waals surface area (Å²) in [5, 5.41) is 0. The van der Waals surface area contributed by atoms with Gasteiger partial charge in [0.2, 0.25) is 0 Å². The van der Waals surface area contributed by atoms with Crippen molar-refractivity contribution in [2.24, 2.45) is 0 Å². The predicted molar refractivity (Wildman–Crippen MR) is 72.1 cm³/mol. The number of hydrogen-bond acceptors (Lipinski definition) is 2. The molecule has 88 valence electrons. The third kappa shape index (κ3) is 2.94. The summed E-state index contributed by atoms with van der Waals surface area (Å²) in [6, 6.07) is 15.2. The Kier molecular flexibility index (Phi) is 3.59. The van der Waals surface area contributed by atoms with E-state index in [0.717, 1.165) is 10.5 Å². The van der Waals surface area contributed by atoms with E-state index in [1.807, 2.05) is 43.3 Å². The van der Waals surface area contributed by atoms with Crippen molar-refractivity contribution in [1.29, 1.82) is 0 Å². The van der Waals surface area contributed by atoms with Crippen LogP contribution in [0.25, 0.3) is 0 Å². The van der Waals surface area contributed by atoms with Crippen LogP contribution in [0.4, 0.5) is 5.69 Å². The Hall–Kier alpha value is -1.61. The highest BCUT2D eigenvalue weighted by molar-refractivity contribution is 7.84. The topological polar surface area (TPSA) is 43.1 Å². The highest BCUT2D eigenvalue weighted by Gasteiger charge is 2.06. The Morgan fingerprint density at radius 3 is 2.35 bits per heavy atom. The van der Waals surface area contributed by atoms with Crippen molar-refractivity contribution in [3.05, 3.63) is 59.7 Å². The second kappa shape index (κ2) is 5.15. The van der Waals surface area contributed by atoms with Crippen LogP contribution < -0.4 is 5.73 Å². The lowest BCUT2D eigenvalue weighted by atomic mass is 10.1. The summed E-state index contributed by atoms with van der Waals surface area (Å²) in [5.74, 6) is 0.552. The van der Waals surface area contributed by atoms with E-state index in [2.05, 4.69) is 0 Å². The first-order valence-corrected chi connectivity index (χ1v) is 6.77. The van der Waals surface area contributed by atoms with Crippen LogP contribution in [0, 0.1) is 6.92 Å². The highest BCUT2D eigenvalue weighted by Crippen LogP contribution is 2.16. The van der Waals surface area contributed by atoms with E-state index >= 15 is 0 Å². The van der Waals surface area contributed by atoms with Gasteiger partial charge in [-0.2, -0.15) is 0 Å². The highest BCUT2D eigenvalue weighted by atomic mass is 32.2. The fraction of sp³-hybridized carbons (Fsp3) is 0.143. The van der Waals surface area contributed by atoms with Crippen molar-refractivity contribution in [3.63, 3.8) is 0 Å². The van der Waals surface area contributed by atoms with Gasteiger partial charge in [-0.25, -0.2) is 0 Å². The van der Waals surface area contributed by atoms with Crippen LogP contribution in [0.1, 0.15) is 11.1 Å². The van der Waals surface area contributed by atoms with Gasteiger partial charge in [-0.05, 0) is 42.3 Å². The molecule has 0 saturated carbocycles. The van der Waals surface area contributed by atoms with Crippen molar-refractivity contribution in [1.82, 2.24) is 0 Å². The van der Waals surface area contributed by atoms with Gasteiger partial charge in [0, 0.05) is 10.6 Å². The number of rotatable bonds is 3. The fourth-order valence-electron chi connectivity index (χ4n) is 1.62. The van der Waals surface area contributed by atoms with E-state index in [1.165, 1.54) is 5.56 Å². The molecule has 0 aliphatic heterocycles. The average molecular weight is 245 g/mol. The SMILES string of the molecule is Cc1ccccc1CS(=O)c1ccc(N)cc1. The fourth-order valence-corrected chi connectivity index (χ4v) is 2.83. The minimum absolute atomic E-state index is 0.552. The molecule has 0 aliphatic rings. The standard InChI is InChI=1S/C14H15NOS/c1-11-4-2-3-5-12(11)10-17(16)14-8-6-13(15)7-9-14/h2-9H,10,15H2,1H3. The summed E-state index contributed by atoms with van der Waals surface area (Å²) in [4.78, 5) is 0.822. The molecule has 0 aromatic heterocycles. The Morgan fingerprint density at radius 2 is 1.71 bits per heavy atom. The van der Waals surface area contributed by atoms with E-state index < -0.39 is 10.8 Å². The van der Waals surface area contributed by atoms with Crippen LogP contribution in [0.3, 0.4) is 0 Å². The molecule has 0 spiro atoms. The van der Waals surface area contributed by atoms with Gasteiger partial charge in [-0.15, -0.1) is 0 Å². The molecule has 2 rings (SSSR count). The maximum absolute atomic E-state index is 12.1. The number of nitrogens with two attached hydrogens (primary N) is 1. The number of nitrogen functional groups attached to an aromatic ring is 1. The summed E-state index contributed by atoms with van der Waals surface area (Å²) in [6.45, 7) is 2.04. The van der Waals surface area contributed by atoms with E-state index in [9.17, 15) is 4.21 Å². The van der Waals surface area contributed by atoms with Crippen LogP contribution in [0.15, 0.2) is 53.4 Å². The Labute approximate surface area is 104 Å². The van der Waals surface area contributed by atoms with Gasteiger partial charge in [0.15, 0.2) is 0 Å². The molecule has 17 heavy (non-hydrogen) atoms. The van der Waals surface area contributed by atoms with Crippen LogP contribution in [0.5, 0.6) is 0 Å². The first-order valence-electron chi connectivity index (χ1n) is 5.45. The third-order valence-corrected chi connectivity index (χ3v) is 4.06. The van der Waals surface area contributed by atoms with Gasteiger partial charge >= 0.3 is 0 Å². The summed E-state index contributed by atoms with van der Waals surface area (Å²) >= 11 is 0. The first kappa shape index (κ1) is 11.9. The number of anilines is 1. The van der Waals surface area contributed by atoms with Crippen molar-refractivity contribution in [3.8, 4) is 0 Å². The molecule has 3 heteroatoms. The lowest BCUT2D eigenvalue weighted by Gasteiger charge is -2.06. The molecule has 0 fully saturated rings. The molecule has 2 N–H and O–H groups in total. The molecule has 0 heterocycles. The summed E-state index contributed by atoms with van der Waals surface area (Å²) in [7, 11) is -1.01. The van der Waals surface area contributed by atoms with E-state index in [1.54, 1.807) is 12.1 Å². The first-order chi connectivity index (χ1) is 8.16. The zero-order valence-electron chi connectivity index (χ0n) is 9.72.